The van der Waals surface area contributed by atoms with Crippen molar-refractivity contribution in [3.8, 4) is 0 Å². The van der Waals surface area contributed by atoms with Crippen LogP contribution in [0.3, 0.4) is 0 Å². The van der Waals surface area contributed by atoms with Gasteiger partial charge in [0, 0.05) is 10.8 Å². The quantitative estimate of drug-likeness (QED) is 0.550. The van der Waals surface area contributed by atoms with E-state index in [9.17, 15) is 9.59 Å². The van der Waals surface area contributed by atoms with E-state index >= 15 is 0 Å². The summed E-state index contributed by atoms with van der Waals surface area (Å²) in [6.07, 6.45) is 6.72. The Balaban J connectivity index is 2.24. The molecule has 0 saturated heterocycles. The molecule has 0 fully saturated rings. The lowest BCUT2D eigenvalue weighted by Gasteiger charge is -2.04. The lowest BCUT2D eigenvalue weighted by atomic mass is 10.1. The van der Waals surface area contributed by atoms with Gasteiger partial charge in [0.05, 0.1) is 17.7 Å². The predicted molar refractivity (Wildman–Crippen MR) is 74.9 cm³/mol. The van der Waals surface area contributed by atoms with E-state index in [-0.39, 0.29) is 11.1 Å². The van der Waals surface area contributed by atoms with Crippen LogP contribution in [0.4, 0.5) is 0 Å². The number of esters is 1. The molecule has 1 aromatic rings. The highest BCUT2D eigenvalue weighted by molar-refractivity contribution is 7.08. The Morgan fingerprint density at radius 1 is 1.11 bits per heavy atom. The van der Waals surface area contributed by atoms with Gasteiger partial charge in [-0.15, -0.1) is 0 Å². The molecule has 1 rings (SSSR count). The summed E-state index contributed by atoms with van der Waals surface area (Å²) < 4.78 is 5.09. The molecular weight excluding hydrogens is 264 g/mol. The van der Waals surface area contributed by atoms with Gasteiger partial charge in [-0.2, -0.15) is 11.3 Å². The van der Waals surface area contributed by atoms with Crippen molar-refractivity contribution in [3.05, 3.63) is 21.9 Å². The van der Waals surface area contributed by atoms with Crippen molar-refractivity contribution in [2.75, 3.05) is 6.61 Å². The Bertz CT molecular complexity index is 411. The molecule has 0 unspecified atom stereocenters. The minimum atomic E-state index is -1.09. The Kier molecular flexibility index (Phi) is 7.18. The molecule has 1 N–H and O–H groups in total. The standard InChI is InChI=1S/C14H20O4S/c1-2-3-4-5-6-7-8-18-14(17)12-10-19-9-11(12)13(15)16/h9-10H,2-8H2,1H3,(H,15,16). The average Bonchev–Trinajstić information content (AvgIpc) is 2.87. The van der Waals surface area contributed by atoms with E-state index in [4.69, 9.17) is 9.84 Å². The first-order valence-electron chi connectivity index (χ1n) is 6.63. The van der Waals surface area contributed by atoms with Gasteiger partial charge in [0.15, 0.2) is 0 Å². The molecule has 0 aromatic carbocycles. The lowest BCUT2D eigenvalue weighted by molar-refractivity contribution is 0.0488. The minimum Gasteiger partial charge on any atom is -0.478 e. The highest BCUT2D eigenvalue weighted by Crippen LogP contribution is 2.16. The molecule has 0 aliphatic rings. The number of rotatable bonds is 9. The highest BCUT2D eigenvalue weighted by Gasteiger charge is 2.18. The number of hydrogen-bond donors (Lipinski definition) is 1. The van der Waals surface area contributed by atoms with Crippen LogP contribution in [-0.4, -0.2) is 23.7 Å². The van der Waals surface area contributed by atoms with Crippen LogP contribution in [0.15, 0.2) is 10.8 Å². The van der Waals surface area contributed by atoms with E-state index in [0.29, 0.717) is 6.61 Å². The molecule has 4 nitrogen and oxygen atoms in total. The van der Waals surface area contributed by atoms with Crippen molar-refractivity contribution in [2.45, 2.75) is 45.4 Å². The summed E-state index contributed by atoms with van der Waals surface area (Å²) >= 11 is 1.19. The molecule has 0 atom stereocenters. The number of carboxylic acid groups (broad SMARTS) is 1. The number of aromatic carboxylic acids is 1. The molecule has 5 heteroatoms. The Morgan fingerprint density at radius 2 is 1.74 bits per heavy atom. The normalized spacial score (nSPS) is 10.4. The fourth-order valence-electron chi connectivity index (χ4n) is 1.75. The molecule has 0 saturated carbocycles. The zero-order valence-corrected chi connectivity index (χ0v) is 12.0. The first-order valence-corrected chi connectivity index (χ1v) is 7.57. The van der Waals surface area contributed by atoms with Crippen molar-refractivity contribution in [3.63, 3.8) is 0 Å². The summed E-state index contributed by atoms with van der Waals surface area (Å²) in [6, 6.07) is 0. The van der Waals surface area contributed by atoms with Gasteiger partial charge in [0.2, 0.25) is 0 Å². The smallest absolute Gasteiger partial charge is 0.339 e. The van der Waals surface area contributed by atoms with E-state index < -0.39 is 11.9 Å². The average molecular weight is 284 g/mol. The molecule has 0 bridgehead atoms. The van der Waals surface area contributed by atoms with E-state index in [1.165, 1.54) is 41.4 Å². The fourth-order valence-corrected chi connectivity index (χ4v) is 2.54. The number of thiophene rings is 1. The third-order valence-electron chi connectivity index (χ3n) is 2.84. The van der Waals surface area contributed by atoms with Gasteiger partial charge >= 0.3 is 11.9 Å². The van der Waals surface area contributed by atoms with Crippen molar-refractivity contribution >= 4 is 23.3 Å². The molecule has 0 amide bonds. The van der Waals surface area contributed by atoms with Gasteiger partial charge in [-0.05, 0) is 6.42 Å². The number of carbonyl (C=O) groups excluding carboxylic acids is 1. The van der Waals surface area contributed by atoms with Crippen LogP contribution in [0.25, 0.3) is 0 Å². The van der Waals surface area contributed by atoms with Crippen LogP contribution in [0.1, 0.15) is 66.2 Å². The van der Waals surface area contributed by atoms with Crippen LogP contribution < -0.4 is 0 Å². The number of unbranched alkanes of at least 4 members (excludes halogenated alkanes) is 5. The second-order valence-electron chi connectivity index (χ2n) is 4.41. The summed E-state index contributed by atoms with van der Waals surface area (Å²) in [6.45, 7) is 2.53. The van der Waals surface area contributed by atoms with Gasteiger partial charge in [-0.3, -0.25) is 0 Å². The maximum atomic E-state index is 11.7. The molecule has 1 aromatic heterocycles. The molecule has 0 spiro atoms. The van der Waals surface area contributed by atoms with Gasteiger partial charge in [-0.1, -0.05) is 39.0 Å². The van der Waals surface area contributed by atoms with Crippen LogP contribution in [0, 0.1) is 0 Å². The minimum absolute atomic E-state index is 0.0259. The van der Waals surface area contributed by atoms with Gasteiger partial charge in [-0.25, -0.2) is 9.59 Å². The van der Waals surface area contributed by atoms with Crippen molar-refractivity contribution in [1.82, 2.24) is 0 Å². The highest BCUT2D eigenvalue weighted by atomic mass is 32.1. The fraction of sp³-hybridized carbons (Fsp3) is 0.571. The summed E-state index contributed by atoms with van der Waals surface area (Å²) in [4.78, 5) is 22.6. The third kappa shape index (κ3) is 5.42. The number of carbonyl (C=O) groups is 2. The molecule has 1 heterocycles. The molecule has 0 aliphatic carbocycles. The number of hydrogen-bond acceptors (Lipinski definition) is 4. The maximum Gasteiger partial charge on any atom is 0.339 e. The Morgan fingerprint density at radius 3 is 2.42 bits per heavy atom. The largest absolute Gasteiger partial charge is 0.478 e. The van der Waals surface area contributed by atoms with Crippen molar-refractivity contribution in [1.29, 1.82) is 0 Å². The van der Waals surface area contributed by atoms with Gasteiger partial charge in [0.25, 0.3) is 0 Å². The molecule has 19 heavy (non-hydrogen) atoms. The molecule has 106 valence electrons. The van der Waals surface area contributed by atoms with E-state index in [2.05, 4.69) is 6.92 Å². The monoisotopic (exact) mass is 284 g/mol. The van der Waals surface area contributed by atoms with Crippen molar-refractivity contribution < 1.29 is 19.4 Å². The Hall–Kier alpha value is -1.36. The van der Waals surface area contributed by atoms with Crippen LogP contribution >= 0.6 is 11.3 Å². The first-order chi connectivity index (χ1) is 9.16. The Labute approximate surface area is 117 Å². The summed E-state index contributed by atoms with van der Waals surface area (Å²) in [5.74, 6) is -1.63. The zero-order chi connectivity index (χ0) is 14.1. The van der Waals surface area contributed by atoms with E-state index in [0.717, 1.165) is 19.3 Å². The second kappa shape index (κ2) is 8.69. The van der Waals surface area contributed by atoms with E-state index in [1.54, 1.807) is 0 Å². The van der Waals surface area contributed by atoms with Crippen LogP contribution in [-0.2, 0) is 4.74 Å². The predicted octanol–water partition coefficient (Wildman–Crippen LogP) is 3.96. The SMILES string of the molecule is CCCCCCCCOC(=O)c1cscc1C(=O)O. The van der Waals surface area contributed by atoms with Crippen molar-refractivity contribution in [2.24, 2.45) is 0 Å². The second-order valence-corrected chi connectivity index (χ2v) is 5.15. The maximum absolute atomic E-state index is 11.7. The summed E-state index contributed by atoms with van der Waals surface area (Å²) in [5, 5.41) is 11.9. The number of ether oxygens (including phenoxy) is 1. The summed E-state index contributed by atoms with van der Waals surface area (Å²) in [7, 11) is 0. The molecule has 0 radical (unpaired) electrons. The molecule has 0 aliphatic heterocycles. The van der Waals surface area contributed by atoms with Crippen LogP contribution in [0.5, 0.6) is 0 Å². The zero-order valence-electron chi connectivity index (χ0n) is 11.2. The first kappa shape index (κ1) is 15.7. The van der Waals surface area contributed by atoms with Gasteiger partial charge < -0.3 is 9.84 Å². The van der Waals surface area contributed by atoms with Crippen LogP contribution in [0.2, 0.25) is 0 Å². The van der Waals surface area contributed by atoms with Gasteiger partial charge in [0.1, 0.15) is 0 Å². The summed E-state index contributed by atoms with van der Waals surface area (Å²) in [5.41, 5.74) is 0.182. The van der Waals surface area contributed by atoms with E-state index in [1.807, 2.05) is 0 Å². The molecular formula is C14H20O4S. The topological polar surface area (TPSA) is 63.6 Å². The lowest BCUT2D eigenvalue weighted by Crippen LogP contribution is -2.10. The third-order valence-corrected chi connectivity index (χ3v) is 3.59. The number of carboxylic acids is 1.